The molecule has 9 nitrogen and oxygen atoms in total. The molecule has 2 heterocycles. The fourth-order valence-corrected chi connectivity index (χ4v) is 7.15. The summed E-state index contributed by atoms with van der Waals surface area (Å²) in [7, 11) is -2.15. The van der Waals surface area contributed by atoms with Gasteiger partial charge in [-0.05, 0) is 87.7 Å². The number of hydrogen-bond acceptors (Lipinski definition) is 7. The number of carbonyl (C=O) groups excluding carboxylic acids is 1. The number of aromatic nitrogens is 1. The Morgan fingerprint density at radius 3 is 2.53 bits per heavy atom. The van der Waals surface area contributed by atoms with Crippen molar-refractivity contribution in [3.05, 3.63) is 41.1 Å². The molecule has 2 aromatic rings. The van der Waals surface area contributed by atoms with Gasteiger partial charge in [-0.25, -0.2) is 13.4 Å². The Morgan fingerprint density at radius 2 is 2.00 bits per heavy atom. The Balaban J connectivity index is 1.65. The van der Waals surface area contributed by atoms with Crippen LogP contribution in [0.1, 0.15) is 53.2 Å². The number of rotatable bonds is 10. The zero-order valence-corrected chi connectivity index (χ0v) is 20.9. The molecule has 0 radical (unpaired) electrons. The average Bonchev–Trinajstić information content (AvgIpc) is 3.52. The van der Waals surface area contributed by atoms with Crippen LogP contribution in [-0.2, 0) is 16.4 Å². The number of methoxy groups -OCH3 is 1. The van der Waals surface area contributed by atoms with Crippen LogP contribution in [-0.4, -0.2) is 56.4 Å². The molecule has 0 spiro atoms. The maximum atomic E-state index is 14.0. The Kier molecular flexibility index (Phi) is 7.30. The Bertz CT molecular complexity index is 1110. The lowest BCUT2D eigenvalue weighted by molar-refractivity contribution is 0.0995. The smallest absolute Gasteiger partial charge is 0.270 e. The van der Waals surface area contributed by atoms with Crippen molar-refractivity contribution in [1.29, 1.82) is 0 Å². The van der Waals surface area contributed by atoms with E-state index in [4.69, 9.17) is 14.9 Å². The SMILES string of the molecule is COc1cc(C)c(S(=O)(=O)N(CC(Cc2nc(C(N)=O)co2)C2CCCNC2)C2CC2)c(C)c1. The van der Waals surface area contributed by atoms with Gasteiger partial charge in [-0.3, -0.25) is 4.79 Å². The second-order valence-electron chi connectivity index (χ2n) is 9.46. The van der Waals surface area contributed by atoms with E-state index in [1.54, 1.807) is 23.5 Å². The summed E-state index contributed by atoms with van der Waals surface area (Å²) in [5.74, 6) is 0.675. The fraction of sp³-hybridized carbons (Fsp3) is 0.583. The molecule has 4 rings (SSSR count). The molecule has 3 N–H and O–H groups in total. The van der Waals surface area contributed by atoms with Crippen molar-refractivity contribution in [3.63, 3.8) is 0 Å². The Hall–Kier alpha value is -2.43. The highest BCUT2D eigenvalue weighted by Crippen LogP contribution is 2.37. The fourth-order valence-electron chi connectivity index (χ4n) is 4.99. The number of aryl methyl sites for hydroxylation is 2. The summed E-state index contributed by atoms with van der Waals surface area (Å²) in [6.07, 6.45) is 5.46. The number of nitrogens with one attached hydrogen (secondary N) is 1. The molecule has 1 saturated heterocycles. The molecule has 1 amide bonds. The summed E-state index contributed by atoms with van der Waals surface area (Å²) in [6.45, 7) is 5.77. The number of piperidine rings is 1. The van der Waals surface area contributed by atoms with Gasteiger partial charge in [-0.1, -0.05) is 0 Å². The third-order valence-electron chi connectivity index (χ3n) is 6.85. The van der Waals surface area contributed by atoms with Gasteiger partial charge in [0.2, 0.25) is 10.0 Å². The highest BCUT2D eigenvalue weighted by molar-refractivity contribution is 7.89. The number of sulfonamides is 1. The molecule has 34 heavy (non-hydrogen) atoms. The first-order valence-corrected chi connectivity index (χ1v) is 13.3. The molecule has 10 heteroatoms. The van der Waals surface area contributed by atoms with Gasteiger partial charge in [-0.2, -0.15) is 4.31 Å². The minimum atomic E-state index is -3.73. The second kappa shape index (κ2) is 10.1. The quantitative estimate of drug-likeness (QED) is 0.523. The van der Waals surface area contributed by atoms with E-state index in [2.05, 4.69) is 10.3 Å². The number of nitrogens with zero attached hydrogens (tertiary/aromatic N) is 2. The standard InChI is InChI=1S/C24H34N4O5S/c1-15-9-20(32-3)10-16(2)23(15)34(30,31)28(19-6-7-19)13-18(17-5-4-8-26-12-17)11-22-27-21(14-33-22)24(25)29/h9-10,14,17-19,26H,4-8,11-13H2,1-3H3,(H2,25,29). The monoisotopic (exact) mass is 490 g/mol. The van der Waals surface area contributed by atoms with E-state index in [1.165, 1.54) is 6.26 Å². The molecule has 1 aromatic heterocycles. The number of hydrogen-bond donors (Lipinski definition) is 2. The molecule has 1 aliphatic heterocycles. The summed E-state index contributed by atoms with van der Waals surface area (Å²) in [6, 6.07) is 3.53. The number of carbonyl (C=O) groups is 1. The molecule has 2 unspecified atom stereocenters. The van der Waals surface area contributed by atoms with Crippen LogP contribution in [0.15, 0.2) is 27.7 Å². The van der Waals surface area contributed by atoms with Crippen molar-refractivity contribution in [1.82, 2.24) is 14.6 Å². The topological polar surface area (TPSA) is 128 Å². The molecule has 0 bridgehead atoms. The van der Waals surface area contributed by atoms with Crippen molar-refractivity contribution in [2.45, 2.75) is 56.9 Å². The van der Waals surface area contributed by atoms with Crippen LogP contribution in [0.5, 0.6) is 5.75 Å². The molecule has 1 aliphatic carbocycles. The normalized spacial score (nSPS) is 19.8. The summed E-state index contributed by atoms with van der Waals surface area (Å²) in [5.41, 5.74) is 6.78. The highest BCUT2D eigenvalue weighted by Gasteiger charge is 2.42. The van der Waals surface area contributed by atoms with Crippen molar-refractivity contribution >= 4 is 15.9 Å². The highest BCUT2D eigenvalue weighted by atomic mass is 32.2. The number of benzene rings is 1. The lowest BCUT2D eigenvalue weighted by Crippen LogP contribution is -2.43. The lowest BCUT2D eigenvalue weighted by atomic mass is 9.84. The van der Waals surface area contributed by atoms with E-state index in [1.807, 2.05) is 13.8 Å². The molecule has 1 aromatic carbocycles. The van der Waals surface area contributed by atoms with Gasteiger partial charge in [0.25, 0.3) is 5.91 Å². The number of ether oxygens (including phenoxy) is 1. The van der Waals surface area contributed by atoms with E-state index in [0.717, 1.165) is 38.8 Å². The van der Waals surface area contributed by atoms with E-state index in [9.17, 15) is 13.2 Å². The number of nitrogens with two attached hydrogens (primary N) is 1. The second-order valence-corrected chi connectivity index (χ2v) is 11.3. The third-order valence-corrected chi connectivity index (χ3v) is 9.07. The first kappa shape index (κ1) is 24.7. The summed E-state index contributed by atoms with van der Waals surface area (Å²) in [5, 5.41) is 3.44. The Morgan fingerprint density at radius 1 is 1.29 bits per heavy atom. The largest absolute Gasteiger partial charge is 0.497 e. The molecule has 2 atom stereocenters. The maximum Gasteiger partial charge on any atom is 0.270 e. The van der Waals surface area contributed by atoms with Gasteiger partial charge in [0.05, 0.1) is 12.0 Å². The van der Waals surface area contributed by atoms with Gasteiger partial charge in [0.1, 0.15) is 12.0 Å². The first-order chi connectivity index (χ1) is 16.2. The maximum absolute atomic E-state index is 14.0. The minimum absolute atomic E-state index is 0.00399. The van der Waals surface area contributed by atoms with Crippen LogP contribution in [0.4, 0.5) is 0 Å². The van der Waals surface area contributed by atoms with Crippen molar-refractivity contribution in [3.8, 4) is 5.75 Å². The molecule has 1 saturated carbocycles. The van der Waals surface area contributed by atoms with Gasteiger partial charge < -0.3 is 20.2 Å². The van der Waals surface area contributed by atoms with Crippen LogP contribution >= 0.6 is 0 Å². The molecule has 2 fully saturated rings. The Labute approximate surface area is 201 Å². The lowest BCUT2D eigenvalue weighted by Gasteiger charge is -2.34. The summed E-state index contributed by atoms with van der Waals surface area (Å²) < 4.78 is 40.5. The first-order valence-electron chi connectivity index (χ1n) is 11.8. The molecule has 186 valence electrons. The van der Waals surface area contributed by atoms with Crippen molar-refractivity contribution in [2.75, 3.05) is 26.7 Å². The van der Waals surface area contributed by atoms with Crippen LogP contribution in [0.2, 0.25) is 0 Å². The van der Waals surface area contributed by atoms with Crippen molar-refractivity contribution in [2.24, 2.45) is 17.6 Å². The number of oxazole rings is 1. The number of amides is 1. The van der Waals surface area contributed by atoms with Gasteiger partial charge in [0, 0.05) is 19.0 Å². The van der Waals surface area contributed by atoms with Crippen LogP contribution < -0.4 is 15.8 Å². The van der Waals surface area contributed by atoms with Gasteiger partial charge in [-0.15, -0.1) is 0 Å². The summed E-state index contributed by atoms with van der Waals surface area (Å²) >= 11 is 0. The predicted molar refractivity (Wildman–Crippen MR) is 127 cm³/mol. The predicted octanol–water partition coefficient (Wildman–Crippen LogP) is 2.41. The molecular formula is C24H34N4O5S. The number of primary amides is 1. The van der Waals surface area contributed by atoms with E-state index in [-0.39, 0.29) is 23.6 Å². The van der Waals surface area contributed by atoms with Gasteiger partial charge >= 0.3 is 0 Å². The minimum Gasteiger partial charge on any atom is -0.497 e. The average molecular weight is 491 g/mol. The zero-order chi connectivity index (χ0) is 24.5. The zero-order valence-electron chi connectivity index (χ0n) is 20.0. The molecular weight excluding hydrogens is 456 g/mol. The van der Waals surface area contributed by atoms with Crippen LogP contribution in [0, 0.1) is 25.7 Å². The van der Waals surface area contributed by atoms with E-state index >= 15 is 0 Å². The van der Waals surface area contributed by atoms with Crippen molar-refractivity contribution < 1.29 is 22.4 Å². The van der Waals surface area contributed by atoms with Crippen LogP contribution in [0.3, 0.4) is 0 Å². The third kappa shape index (κ3) is 5.29. The summed E-state index contributed by atoms with van der Waals surface area (Å²) in [4.78, 5) is 16.1. The van der Waals surface area contributed by atoms with E-state index in [0.29, 0.717) is 40.6 Å². The van der Waals surface area contributed by atoms with Crippen LogP contribution in [0.25, 0.3) is 0 Å². The molecule has 2 aliphatic rings. The van der Waals surface area contributed by atoms with E-state index < -0.39 is 15.9 Å². The van der Waals surface area contributed by atoms with Gasteiger partial charge in [0.15, 0.2) is 11.6 Å².